The largest absolute Gasteiger partial charge is 0.316 e. The van der Waals surface area contributed by atoms with Gasteiger partial charge in [-0.2, -0.15) is 5.26 Å². The van der Waals surface area contributed by atoms with Gasteiger partial charge in [-0.15, -0.1) is 34.0 Å². The summed E-state index contributed by atoms with van der Waals surface area (Å²) < 4.78 is 11.7. The molecule has 0 aliphatic carbocycles. The molecule has 6 aromatic heterocycles. The number of rotatable bonds is 4. The van der Waals surface area contributed by atoms with E-state index in [1.54, 1.807) is 34.0 Å². The van der Waals surface area contributed by atoms with Crippen LogP contribution in [0.15, 0.2) is 188 Å². The van der Waals surface area contributed by atoms with Gasteiger partial charge in [-0.05, 0) is 42.0 Å². The normalized spacial score (nSPS) is 12.0. The molecule has 0 saturated carbocycles. The van der Waals surface area contributed by atoms with Crippen molar-refractivity contribution in [3.63, 3.8) is 0 Å². The standard InChI is InChI=1S/C61H31N5S3/c1-63-53-51(34-15-3-2-4-16-34)45(33-62)54(65-47-22-9-5-17-35(47)39-26-29-42-36-18-6-10-23-48(36)67-59(42)55(39)65)52(46-21-13-14-32-64-46)58(53)66-56-40(27-30-43-37-19-7-11-24-49(37)68-60(43)56)41-28-31-44-38-20-8-12-25-50(38)69-61(44)57(41)66/h2-32H. The Balaban J connectivity index is 1.27. The molecule has 0 saturated heterocycles. The number of nitrogens with zero attached hydrogens (tertiary/aromatic N) is 5. The van der Waals surface area contributed by atoms with Crippen LogP contribution in [0.4, 0.5) is 5.69 Å². The van der Waals surface area contributed by atoms with E-state index in [2.05, 4.69) is 154 Å². The van der Waals surface area contributed by atoms with Gasteiger partial charge in [0.25, 0.3) is 0 Å². The Morgan fingerprint density at radius 3 is 1.42 bits per heavy atom. The van der Waals surface area contributed by atoms with Crippen LogP contribution in [-0.2, 0) is 0 Å². The summed E-state index contributed by atoms with van der Waals surface area (Å²) >= 11 is 5.36. The van der Waals surface area contributed by atoms with Gasteiger partial charge in [0, 0.05) is 85.3 Å². The van der Waals surface area contributed by atoms with Gasteiger partial charge in [-0.3, -0.25) is 4.98 Å². The Kier molecular flexibility index (Phi) is 8.05. The molecule has 8 heteroatoms. The quantitative estimate of drug-likeness (QED) is 0.165. The van der Waals surface area contributed by atoms with Crippen molar-refractivity contribution in [3.05, 3.63) is 205 Å². The monoisotopic (exact) mass is 929 g/mol. The van der Waals surface area contributed by atoms with E-state index in [-0.39, 0.29) is 0 Å². The molecule has 0 fully saturated rings. The molecule has 0 atom stereocenters. The first kappa shape index (κ1) is 38.5. The summed E-state index contributed by atoms with van der Waals surface area (Å²) in [5.74, 6) is 0. The Morgan fingerprint density at radius 1 is 0.435 bits per heavy atom. The first-order valence-corrected chi connectivity index (χ1v) is 25.2. The molecule has 5 nitrogen and oxygen atoms in total. The summed E-state index contributed by atoms with van der Waals surface area (Å²) in [5.41, 5.74) is 9.00. The zero-order chi connectivity index (χ0) is 45.5. The molecule has 0 aliphatic heterocycles. The molecule has 0 amide bonds. The maximum Gasteiger partial charge on any atom is 0.220 e. The summed E-state index contributed by atoms with van der Waals surface area (Å²) in [6.07, 6.45) is 1.83. The van der Waals surface area contributed by atoms with Gasteiger partial charge >= 0.3 is 0 Å². The van der Waals surface area contributed by atoms with Crippen LogP contribution < -0.4 is 0 Å². The Labute approximate surface area is 405 Å². The fourth-order valence-electron chi connectivity index (χ4n) is 11.2. The minimum absolute atomic E-state index is 0.393. The third kappa shape index (κ3) is 5.17. The number of hydrogen-bond donors (Lipinski definition) is 0. The molecular weight excluding hydrogens is 899 g/mol. The Bertz CT molecular complexity index is 4670. The summed E-state index contributed by atoms with van der Waals surface area (Å²) in [6.45, 7) is 9.48. The van der Waals surface area contributed by atoms with E-state index in [1.165, 1.54) is 30.3 Å². The first-order chi connectivity index (χ1) is 34.2. The Hall–Kier alpha value is -8.63. The van der Waals surface area contributed by atoms with Gasteiger partial charge in [0.05, 0.1) is 65.4 Å². The molecule has 0 N–H and O–H groups in total. The molecule has 15 rings (SSSR count). The lowest BCUT2D eigenvalue weighted by molar-refractivity contribution is 1.13. The lowest BCUT2D eigenvalue weighted by Crippen LogP contribution is -2.09. The number of nitriles is 1. The number of thiophene rings is 3. The van der Waals surface area contributed by atoms with Crippen LogP contribution in [0, 0.1) is 17.9 Å². The van der Waals surface area contributed by atoms with E-state index in [0.29, 0.717) is 39.4 Å². The van der Waals surface area contributed by atoms with Crippen molar-refractivity contribution in [3.8, 4) is 39.8 Å². The number of pyridine rings is 1. The molecule has 6 heterocycles. The van der Waals surface area contributed by atoms with Crippen molar-refractivity contribution in [1.82, 2.24) is 14.1 Å². The minimum atomic E-state index is 0.393. The van der Waals surface area contributed by atoms with Crippen molar-refractivity contribution >= 4 is 144 Å². The molecule has 0 spiro atoms. The second-order valence-corrected chi connectivity index (χ2v) is 20.6. The number of fused-ring (bicyclic) bond motifs is 18. The molecule has 0 bridgehead atoms. The van der Waals surface area contributed by atoms with Gasteiger partial charge in [-0.25, -0.2) is 4.85 Å². The second-order valence-electron chi connectivity index (χ2n) is 17.5. The molecule has 69 heavy (non-hydrogen) atoms. The van der Waals surface area contributed by atoms with E-state index >= 15 is 0 Å². The fraction of sp³-hybridized carbons (Fsp3) is 0. The van der Waals surface area contributed by atoms with Gasteiger partial charge in [-0.1, -0.05) is 146 Å². The fourth-order valence-corrected chi connectivity index (χ4v) is 15.0. The highest BCUT2D eigenvalue weighted by Crippen LogP contribution is 2.55. The van der Waals surface area contributed by atoms with Gasteiger partial charge in [0.2, 0.25) is 5.69 Å². The summed E-state index contributed by atoms with van der Waals surface area (Å²) in [6, 6.07) is 66.9. The van der Waals surface area contributed by atoms with Crippen molar-refractivity contribution in [2.45, 2.75) is 0 Å². The van der Waals surface area contributed by atoms with Crippen LogP contribution >= 0.6 is 34.0 Å². The molecule has 318 valence electrons. The van der Waals surface area contributed by atoms with Crippen molar-refractivity contribution in [2.24, 2.45) is 0 Å². The maximum absolute atomic E-state index is 12.0. The highest BCUT2D eigenvalue weighted by atomic mass is 32.1. The zero-order valence-electron chi connectivity index (χ0n) is 36.4. The van der Waals surface area contributed by atoms with E-state index in [9.17, 15) is 11.8 Å². The van der Waals surface area contributed by atoms with E-state index in [4.69, 9.17) is 4.98 Å². The number of hydrogen-bond acceptors (Lipinski definition) is 5. The molecular formula is C61H31N5S3. The van der Waals surface area contributed by atoms with Crippen molar-refractivity contribution in [1.29, 1.82) is 5.26 Å². The van der Waals surface area contributed by atoms with Gasteiger partial charge < -0.3 is 9.13 Å². The summed E-state index contributed by atoms with van der Waals surface area (Å²) in [5, 5.41) is 23.5. The Morgan fingerprint density at radius 2 is 0.899 bits per heavy atom. The number of benzene rings is 9. The van der Waals surface area contributed by atoms with Crippen LogP contribution in [0.3, 0.4) is 0 Å². The van der Waals surface area contributed by atoms with Crippen LogP contribution in [0.2, 0.25) is 0 Å². The molecule has 9 aromatic carbocycles. The second kappa shape index (κ2) is 14.4. The maximum atomic E-state index is 12.0. The first-order valence-electron chi connectivity index (χ1n) is 22.7. The smallest absolute Gasteiger partial charge is 0.220 e. The predicted molar refractivity (Wildman–Crippen MR) is 293 cm³/mol. The van der Waals surface area contributed by atoms with Gasteiger partial charge in [0.15, 0.2) is 0 Å². The lowest BCUT2D eigenvalue weighted by atomic mass is 9.90. The van der Waals surface area contributed by atoms with Crippen molar-refractivity contribution in [2.75, 3.05) is 0 Å². The highest BCUT2D eigenvalue weighted by Gasteiger charge is 2.34. The van der Waals surface area contributed by atoms with Crippen LogP contribution in [-0.4, -0.2) is 14.1 Å². The lowest BCUT2D eigenvalue weighted by Gasteiger charge is -2.25. The van der Waals surface area contributed by atoms with E-state index in [1.807, 2.05) is 54.7 Å². The number of para-hydroxylation sites is 1. The van der Waals surface area contributed by atoms with Crippen LogP contribution in [0.25, 0.3) is 143 Å². The van der Waals surface area contributed by atoms with Gasteiger partial charge in [0.1, 0.15) is 6.07 Å². The summed E-state index contributed by atoms with van der Waals surface area (Å²) in [7, 11) is 0. The van der Waals surface area contributed by atoms with E-state index < -0.39 is 0 Å². The third-order valence-electron chi connectivity index (χ3n) is 14.0. The highest BCUT2D eigenvalue weighted by molar-refractivity contribution is 7.27. The van der Waals surface area contributed by atoms with Crippen LogP contribution in [0.1, 0.15) is 5.56 Å². The topological polar surface area (TPSA) is 50.9 Å². The molecule has 15 aromatic rings. The molecule has 0 aliphatic rings. The third-order valence-corrected chi connectivity index (χ3v) is 17.6. The molecule has 0 radical (unpaired) electrons. The minimum Gasteiger partial charge on any atom is -0.316 e. The van der Waals surface area contributed by atoms with Crippen LogP contribution in [0.5, 0.6) is 0 Å². The number of aromatic nitrogens is 3. The zero-order valence-corrected chi connectivity index (χ0v) is 38.8. The summed E-state index contributed by atoms with van der Waals surface area (Å²) in [4.78, 5) is 9.86. The predicted octanol–water partition coefficient (Wildman–Crippen LogP) is 18.1. The van der Waals surface area contributed by atoms with Crippen molar-refractivity contribution < 1.29 is 0 Å². The average molecular weight is 930 g/mol. The molecule has 0 unspecified atom stereocenters. The average Bonchev–Trinajstić information content (AvgIpc) is 4.23. The SMILES string of the molecule is [C-]#[N+]c1c(-c2ccccc2)c(C#N)c(-n2c3ccccc3c3ccc4c5ccccc5sc4c32)c(-c2ccccn2)c1-n1c2c(ccc3c4ccccc4sc32)c2ccc3c4ccccc4sc3c21. The van der Waals surface area contributed by atoms with E-state index in [0.717, 1.165) is 79.4 Å².